The maximum atomic E-state index is 11.3. The third-order valence-corrected chi connectivity index (χ3v) is 2.42. The number of nitrogens with one attached hydrogen (secondary N) is 1. The van der Waals surface area contributed by atoms with Crippen LogP contribution in [-0.2, 0) is 11.2 Å². The number of carbonyl (C=O) groups excluding carboxylic acids is 1. The van der Waals surface area contributed by atoms with E-state index in [0.29, 0.717) is 13.0 Å². The number of rotatable bonds is 4. The molecule has 0 bridgehead atoms. The van der Waals surface area contributed by atoms with Gasteiger partial charge in [0, 0.05) is 11.9 Å². The summed E-state index contributed by atoms with van der Waals surface area (Å²) in [7, 11) is 0. The van der Waals surface area contributed by atoms with Crippen molar-refractivity contribution in [3.05, 3.63) is 28.2 Å². The zero-order valence-corrected chi connectivity index (χ0v) is 9.28. The minimum Gasteiger partial charge on any atom is -0.352 e. The van der Waals surface area contributed by atoms with Crippen LogP contribution in [0.25, 0.3) is 0 Å². The molecule has 0 aromatic carbocycles. The summed E-state index contributed by atoms with van der Waals surface area (Å²) in [6, 6.07) is 0. The van der Waals surface area contributed by atoms with Crippen molar-refractivity contribution in [2.24, 2.45) is 0 Å². The molecule has 14 heavy (non-hydrogen) atoms. The van der Waals surface area contributed by atoms with E-state index in [2.05, 4.69) is 16.9 Å². The molecule has 1 amide bonds. The van der Waals surface area contributed by atoms with Crippen molar-refractivity contribution in [3.8, 4) is 0 Å². The van der Waals surface area contributed by atoms with Gasteiger partial charge in [-0.3, -0.25) is 4.79 Å². The molecule has 1 aromatic rings. The molecular formula is C10H14N2OS. The van der Waals surface area contributed by atoms with Crippen LogP contribution in [0.5, 0.6) is 0 Å². The molecule has 0 aliphatic rings. The monoisotopic (exact) mass is 210 g/mol. The number of amides is 1. The fraction of sp³-hybridized carbons (Fsp3) is 0.400. The molecule has 0 radical (unpaired) electrons. The van der Waals surface area contributed by atoms with Gasteiger partial charge < -0.3 is 5.32 Å². The molecule has 1 N–H and O–H groups in total. The second kappa shape index (κ2) is 4.91. The van der Waals surface area contributed by atoms with E-state index in [9.17, 15) is 4.79 Å². The van der Waals surface area contributed by atoms with Crippen LogP contribution >= 0.6 is 11.3 Å². The predicted molar refractivity (Wildman–Crippen MR) is 58.4 cm³/mol. The fourth-order valence-electron chi connectivity index (χ4n) is 0.966. The lowest BCUT2D eigenvalue weighted by Gasteiger charge is -2.02. The van der Waals surface area contributed by atoms with Gasteiger partial charge in [-0.1, -0.05) is 12.2 Å². The van der Waals surface area contributed by atoms with Gasteiger partial charge in [0.1, 0.15) is 0 Å². The zero-order valence-electron chi connectivity index (χ0n) is 8.46. The molecule has 1 aromatic heterocycles. The van der Waals surface area contributed by atoms with Gasteiger partial charge in [-0.25, -0.2) is 4.98 Å². The molecule has 0 saturated carbocycles. The molecule has 1 rings (SSSR count). The van der Waals surface area contributed by atoms with Gasteiger partial charge in [0.05, 0.1) is 17.1 Å². The quantitative estimate of drug-likeness (QED) is 0.768. The molecular weight excluding hydrogens is 196 g/mol. The predicted octanol–water partition coefficient (Wildman–Crippen LogP) is 1.69. The van der Waals surface area contributed by atoms with E-state index in [4.69, 9.17) is 0 Å². The zero-order chi connectivity index (χ0) is 10.6. The summed E-state index contributed by atoms with van der Waals surface area (Å²) in [5, 5.41) is 5.67. The summed E-state index contributed by atoms with van der Waals surface area (Å²) >= 11 is 1.56. The Bertz CT molecular complexity index is 344. The van der Waals surface area contributed by atoms with Crippen LogP contribution in [0.1, 0.15) is 17.6 Å². The Labute approximate surface area is 87.9 Å². The maximum absolute atomic E-state index is 11.3. The molecule has 0 aliphatic carbocycles. The minimum atomic E-state index is -0.00157. The third kappa shape index (κ3) is 3.70. The summed E-state index contributed by atoms with van der Waals surface area (Å²) < 4.78 is 0. The van der Waals surface area contributed by atoms with Crippen LogP contribution in [-0.4, -0.2) is 17.4 Å². The number of hydrogen-bond acceptors (Lipinski definition) is 3. The molecule has 3 nitrogen and oxygen atoms in total. The molecule has 0 atom stereocenters. The first-order chi connectivity index (χ1) is 6.58. The third-order valence-electron chi connectivity index (χ3n) is 1.60. The Hall–Kier alpha value is -1.16. The largest absolute Gasteiger partial charge is 0.352 e. The van der Waals surface area contributed by atoms with Gasteiger partial charge in [0.2, 0.25) is 5.91 Å². The lowest BCUT2D eigenvalue weighted by Crippen LogP contribution is -2.26. The average molecular weight is 210 g/mol. The summed E-state index contributed by atoms with van der Waals surface area (Å²) in [5.74, 6) is -0.00157. The minimum absolute atomic E-state index is 0.00157. The van der Waals surface area contributed by atoms with Gasteiger partial charge in [0.25, 0.3) is 0 Å². The number of carbonyl (C=O) groups is 1. The lowest BCUT2D eigenvalue weighted by molar-refractivity contribution is -0.120. The summed E-state index contributed by atoms with van der Waals surface area (Å²) in [4.78, 5) is 15.6. The van der Waals surface area contributed by atoms with Crippen molar-refractivity contribution in [2.45, 2.75) is 20.3 Å². The van der Waals surface area contributed by atoms with Crippen LogP contribution in [0, 0.1) is 6.92 Å². The number of aromatic nitrogens is 1. The Morgan fingerprint density at radius 1 is 1.71 bits per heavy atom. The SMILES string of the molecule is C=C(C)CNC(=O)Cc1csc(C)n1. The Morgan fingerprint density at radius 2 is 2.43 bits per heavy atom. The molecule has 0 spiro atoms. The van der Waals surface area contributed by atoms with Gasteiger partial charge in [-0.05, 0) is 13.8 Å². The molecule has 4 heteroatoms. The van der Waals surface area contributed by atoms with Crippen LogP contribution in [0.2, 0.25) is 0 Å². The van der Waals surface area contributed by atoms with E-state index in [0.717, 1.165) is 16.3 Å². The van der Waals surface area contributed by atoms with E-state index in [1.807, 2.05) is 19.2 Å². The second-order valence-corrected chi connectivity index (χ2v) is 4.33. The summed E-state index contributed by atoms with van der Waals surface area (Å²) in [6.07, 6.45) is 0.359. The van der Waals surface area contributed by atoms with Crippen molar-refractivity contribution >= 4 is 17.2 Å². The first kappa shape index (κ1) is 10.9. The molecule has 0 aliphatic heterocycles. The molecule has 1 heterocycles. The maximum Gasteiger partial charge on any atom is 0.226 e. The normalized spacial score (nSPS) is 9.86. The fourth-order valence-corrected chi connectivity index (χ4v) is 1.58. The van der Waals surface area contributed by atoms with Gasteiger partial charge in [-0.2, -0.15) is 0 Å². The topological polar surface area (TPSA) is 42.0 Å². The lowest BCUT2D eigenvalue weighted by atomic mass is 10.3. The van der Waals surface area contributed by atoms with E-state index in [1.54, 1.807) is 11.3 Å². The summed E-state index contributed by atoms with van der Waals surface area (Å²) in [5.41, 5.74) is 1.79. The van der Waals surface area contributed by atoms with Gasteiger partial charge in [0.15, 0.2) is 0 Å². The van der Waals surface area contributed by atoms with Crippen LogP contribution < -0.4 is 5.32 Å². The van der Waals surface area contributed by atoms with E-state index in [-0.39, 0.29) is 5.91 Å². The highest BCUT2D eigenvalue weighted by Gasteiger charge is 2.05. The van der Waals surface area contributed by atoms with Crippen molar-refractivity contribution in [1.82, 2.24) is 10.3 Å². The van der Waals surface area contributed by atoms with E-state index >= 15 is 0 Å². The molecule has 0 saturated heterocycles. The first-order valence-electron chi connectivity index (χ1n) is 4.40. The van der Waals surface area contributed by atoms with Crippen LogP contribution in [0.4, 0.5) is 0 Å². The number of aryl methyl sites for hydroxylation is 1. The highest BCUT2D eigenvalue weighted by molar-refractivity contribution is 7.09. The Balaban J connectivity index is 2.37. The number of nitrogens with zero attached hydrogens (tertiary/aromatic N) is 1. The van der Waals surface area contributed by atoms with Crippen molar-refractivity contribution in [3.63, 3.8) is 0 Å². The van der Waals surface area contributed by atoms with Crippen LogP contribution in [0.3, 0.4) is 0 Å². The smallest absolute Gasteiger partial charge is 0.226 e. The molecule has 0 unspecified atom stereocenters. The van der Waals surface area contributed by atoms with Gasteiger partial charge in [-0.15, -0.1) is 11.3 Å². The molecule has 0 fully saturated rings. The molecule has 76 valence electrons. The average Bonchev–Trinajstić information content (AvgIpc) is 2.48. The summed E-state index contributed by atoms with van der Waals surface area (Å²) in [6.45, 7) is 8.07. The van der Waals surface area contributed by atoms with Crippen LogP contribution in [0.15, 0.2) is 17.5 Å². The van der Waals surface area contributed by atoms with E-state index in [1.165, 1.54) is 0 Å². The highest BCUT2D eigenvalue weighted by Crippen LogP contribution is 2.08. The van der Waals surface area contributed by atoms with Gasteiger partial charge >= 0.3 is 0 Å². The second-order valence-electron chi connectivity index (χ2n) is 3.27. The van der Waals surface area contributed by atoms with E-state index < -0.39 is 0 Å². The Kier molecular flexibility index (Phi) is 3.83. The first-order valence-corrected chi connectivity index (χ1v) is 5.28. The van der Waals surface area contributed by atoms with Crippen molar-refractivity contribution in [1.29, 1.82) is 0 Å². The van der Waals surface area contributed by atoms with Crippen molar-refractivity contribution < 1.29 is 4.79 Å². The highest BCUT2D eigenvalue weighted by atomic mass is 32.1. The number of hydrogen-bond donors (Lipinski definition) is 1. The number of thiazole rings is 1. The standard InChI is InChI=1S/C10H14N2OS/c1-7(2)5-11-10(13)4-9-6-14-8(3)12-9/h6H,1,4-5H2,2-3H3,(H,11,13). The Morgan fingerprint density at radius 3 is 2.93 bits per heavy atom. The van der Waals surface area contributed by atoms with Crippen molar-refractivity contribution in [2.75, 3.05) is 6.54 Å².